The Morgan fingerprint density at radius 1 is 0.957 bits per heavy atom. The third kappa shape index (κ3) is 6.44. The number of esters is 2. The minimum absolute atomic E-state index is 0.0125. The second-order valence-electron chi connectivity index (χ2n) is 10.9. The van der Waals surface area contributed by atoms with Gasteiger partial charge in [0.1, 0.15) is 17.5 Å². The van der Waals surface area contributed by atoms with Crippen molar-refractivity contribution in [2.45, 2.75) is 38.3 Å². The largest absolute Gasteiger partial charge is 0.497 e. The van der Waals surface area contributed by atoms with Gasteiger partial charge in [-0.3, -0.25) is 14.5 Å². The van der Waals surface area contributed by atoms with E-state index in [9.17, 15) is 27.6 Å². The van der Waals surface area contributed by atoms with Crippen LogP contribution < -0.4 is 15.4 Å². The maximum Gasteiger partial charge on any atom is 0.416 e. The normalized spacial score (nSPS) is 19.8. The Balaban J connectivity index is 1.82. The van der Waals surface area contributed by atoms with Gasteiger partial charge in [-0.1, -0.05) is 35.9 Å². The first kappa shape index (κ1) is 33.6. The van der Waals surface area contributed by atoms with Crippen molar-refractivity contribution in [3.8, 4) is 5.75 Å². The number of nitrogens with two attached hydrogens (primary N) is 1. The number of alkyl halides is 3. The number of hydrogen-bond acceptors (Lipinski definition) is 8. The van der Waals surface area contributed by atoms with Crippen molar-refractivity contribution in [3.63, 3.8) is 0 Å². The molecule has 8 nitrogen and oxygen atoms in total. The van der Waals surface area contributed by atoms with E-state index >= 15 is 0 Å². The van der Waals surface area contributed by atoms with E-state index in [1.165, 1.54) is 24.1 Å². The molecule has 47 heavy (non-hydrogen) atoms. The van der Waals surface area contributed by atoms with Gasteiger partial charge < -0.3 is 19.9 Å². The Labute approximate surface area is 274 Å². The average molecular weight is 669 g/mol. The highest BCUT2D eigenvalue weighted by Crippen LogP contribution is 2.52. The predicted molar refractivity (Wildman–Crippen MR) is 168 cm³/mol. The maximum atomic E-state index is 14.9. The van der Waals surface area contributed by atoms with Crippen molar-refractivity contribution < 1.29 is 41.8 Å². The van der Waals surface area contributed by atoms with Gasteiger partial charge in [0.2, 0.25) is 0 Å². The topological polar surface area (TPSA) is 108 Å². The van der Waals surface area contributed by atoms with E-state index in [0.717, 1.165) is 12.1 Å². The molecule has 2 aliphatic rings. The van der Waals surface area contributed by atoms with Gasteiger partial charge >= 0.3 is 18.1 Å². The van der Waals surface area contributed by atoms with Gasteiger partial charge in [-0.2, -0.15) is 13.2 Å². The Bertz CT molecular complexity index is 1750. The molecule has 3 atom stereocenters. The summed E-state index contributed by atoms with van der Waals surface area (Å²) in [5, 5.41) is 0.400. The molecule has 3 aromatic rings. The van der Waals surface area contributed by atoms with Crippen molar-refractivity contribution in [2.75, 3.05) is 25.2 Å². The number of anilines is 1. The molecule has 0 unspecified atom stereocenters. The molecule has 246 valence electrons. The molecule has 0 spiro atoms. The summed E-state index contributed by atoms with van der Waals surface area (Å²) in [6.07, 6.45) is -4.58. The van der Waals surface area contributed by atoms with Gasteiger partial charge in [-0.15, -0.1) is 0 Å². The fraction of sp³-hybridized carbons (Fsp3) is 0.286. The molecule has 12 heteroatoms. The van der Waals surface area contributed by atoms with Crippen LogP contribution in [0.15, 0.2) is 95.5 Å². The summed E-state index contributed by atoms with van der Waals surface area (Å²) in [6, 6.07) is 17.6. The molecule has 3 aromatic carbocycles. The van der Waals surface area contributed by atoms with Gasteiger partial charge in [0.05, 0.1) is 37.4 Å². The maximum absolute atomic E-state index is 14.9. The van der Waals surface area contributed by atoms with Crippen LogP contribution in [0.1, 0.15) is 48.8 Å². The first-order chi connectivity index (χ1) is 22.4. The molecule has 5 rings (SSSR count). The molecule has 1 aliphatic heterocycles. The van der Waals surface area contributed by atoms with Gasteiger partial charge in [0, 0.05) is 27.9 Å². The monoisotopic (exact) mass is 668 g/mol. The molecular formula is C35H32ClF3N2O6. The number of halogens is 4. The van der Waals surface area contributed by atoms with E-state index < -0.39 is 47.2 Å². The molecule has 0 amide bonds. The van der Waals surface area contributed by atoms with E-state index in [2.05, 4.69) is 0 Å². The lowest BCUT2D eigenvalue weighted by Gasteiger charge is -2.44. The fourth-order valence-electron chi connectivity index (χ4n) is 6.21. The molecule has 0 bridgehead atoms. The van der Waals surface area contributed by atoms with Gasteiger partial charge in [0.15, 0.2) is 5.78 Å². The lowest BCUT2D eigenvalue weighted by molar-refractivity contribution is -0.152. The lowest BCUT2D eigenvalue weighted by atomic mass is 9.67. The third-order valence-electron chi connectivity index (χ3n) is 8.25. The summed E-state index contributed by atoms with van der Waals surface area (Å²) < 4.78 is 56.8. The average Bonchev–Trinajstić information content (AvgIpc) is 3.04. The summed E-state index contributed by atoms with van der Waals surface area (Å²) in [5.74, 6) is -5.05. The summed E-state index contributed by atoms with van der Waals surface area (Å²) >= 11 is 6.19. The van der Waals surface area contributed by atoms with Crippen LogP contribution in [0.5, 0.6) is 5.75 Å². The first-order valence-electron chi connectivity index (χ1n) is 14.9. The van der Waals surface area contributed by atoms with Gasteiger partial charge in [-0.25, -0.2) is 4.79 Å². The molecule has 1 heterocycles. The van der Waals surface area contributed by atoms with Crippen molar-refractivity contribution in [2.24, 2.45) is 11.7 Å². The van der Waals surface area contributed by atoms with Crippen LogP contribution >= 0.6 is 11.6 Å². The Kier molecular flexibility index (Phi) is 9.67. The first-order valence-corrected chi connectivity index (χ1v) is 15.3. The second-order valence-corrected chi connectivity index (χ2v) is 11.4. The van der Waals surface area contributed by atoms with Crippen LogP contribution in [0, 0.1) is 5.92 Å². The van der Waals surface area contributed by atoms with E-state index in [1.807, 2.05) is 0 Å². The van der Waals surface area contributed by atoms with Gasteiger partial charge in [0.25, 0.3) is 0 Å². The zero-order valence-corrected chi connectivity index (χ0v) is 26.5. The number of nitrogens with zero attached hydrogens (tertiary/aromatic N) is 1. The summed E-state index contributed by atoms with van der Waals surface area (Å²) in [5.41, 5.74) is 7.41. The number of carbonyl (C=O) groups excluding carboxylic acids is 3. The SMILES string of the molecule is CCOC(=O)C1=C(N)N(c2ccc(C(F)(F)F)cc2)C2=C(C(=O)[C@H](C(=O)OCC)[C@@H](c3cccc(OC)c3)C2)[C@@H]1c1ccc(Cl)cc1. The Hall–Kier alpha value is -4.77. The highest BCUT2D eigenvalue weighted by atomic mass is 35.5. The summed E-state index contributed by atoms with van der Waals surface area (Å²) in [7, 11) is 1.49. The van der Waals surface area contributed by atoms with Crippen molar-refractivity contribution in [1.82, 2.24) is 0 Å². The zero-order chi connectivity index (χ0) is 34.0. The third-order valence-corrected chi connectivity index (χ3v) is 8.50. The number of ketones is 1. The molecule has 2 N–H and O–H groups in total. The standard InChI is InChI=1S/C35H32ClF3N2O6/c1-4-46-33(43)28-25(20-7-6-8-24(17-20)45-3)18-26-29(31(28)42)27(19-9-13-22(36)14-10-19)30(34(44)47-5-2)32(40)41(26)23-15-11-21(12-16-23)35(37,38)39/h6-17,25,27-28H,4-5,18,40H2,1-3H3/t25-,27+,28-/m1/s1. The number of rotatable bonds is 8. The quantitative estimate of drug-likeness (QED) is 0.204. The highest BCUT2D eigenvalue weighted by molar-refractivity contribution is 6.30. The van der Waals surface area contributed by atoms with E-state index in [1.54, 1.807) is 62.4 Å². The fourth-order valence-corrected chi connectivity index (χ4v) is 6.33. The minimum Gasteiger partial charge on any atom is -0.497 e. The molecule has 1 aliphatic carbocycles. The molecule has 0 radical (unpaired) electrons. The molecule has 0 fully saturated rings. The smallest absolute Gasteiger partial charge is 0.416 e. The van der Waals surface area contributed by atoms with Gasteiger partial charge in [-0.05, 0) is 79.9 Å². The van der Waals surface area contributed by atoms with Crippen LogP contribution in [0.2, 0.25) is 5.02 Å². The van der Waals surface area contributed by atoms with E-state index in [4.69, 9.17) is 31.5 Å². The second kappa shape index (κ2) is 13.5. The molecular weight excluding hydrogens is 637 g/mol. The number of ether oxygens (including phenoxy) is 3. The number of Topliss-reactive ketones (excluding diaryl/α,β-unsaturated/α-hetero) is 1. The summed E-state index contributed by atoms with van der Waals surface area (Å²) in [6.45, 7) is 3.22. The van der Waals surface area contributed by atoms with Crippen molar-refractivity contribution in [1.29, 1.82) is 0 Å². The number of benzene rings is 3. The Morgan fingerprint density at radius 3 is 2.21 bits per heavy atom. The van der Waals surface area contributed by atoms with Crippen molar-refractivity contribution in [3.05, 3.63) is 117 Å². The van der Waals surface area contributed by atoms with E-state index in [0.29, 0.717) is 27.6 Å². The minimum atomic E-state index is -4.60. The van der Waals surface area contributed by atoms with Crippen LogP contribution in [0.4, 0.5) is 18.9 Å². The number of hydrogen-bond donors (Lipinski definition) is 1. The van der Waals surface area contributed by atoms with Crippen LogP contribution in [0.25, 0.3) is 0 Å². The van der Waals surface area contributed by atoms with Crippen molar-refractivity contribution >= 4 is 35.0 Å². The Morgan fingerprint density at radius 2 is 1.62 bits per heavy atom. The van der Waals surface area contributed by atoms with Crippen LogP contribution in [-0.2, 0) is 30.0 Å². The number of carbonyl (C=O) groups is 3. The highest BCUT2D eigenvalue weighted by Gasteiger charge is 2.51. The summed E-state index contributed by atoms with van der Waals surface area (Å²) in [4.78, 5) is 43.5. The van der Waals surface area contributed by atoms with E-state index in [-0.39, 0.29) is 42.3 Å². The lowest BCUT2D eigenvalue weighted by Crippen LogP contribution is -2.46. The molecule has 0 aromatic heterocycles. The van der Waals surface area contributed by atoms with Crippen LogP contribution in [0.3, 0.4) is 0 Å². The predicted octanol–water partition coefficient (Wildman–Crippen LogP) is 6.89. The molecule has 0 saturated carbocycles. The number of allylic oxidation sites excluding steroid dienone is 2. The molecule has 0 saturated heterocycles. The number of methoxy groups -OCH3 is 1. The zero-order valence-electron chi connectivity index (χ0n) is 25.8. The van der Waals surface area contributed by atoms with Crippen LogP contribution in [-0.4, -0.2) is 38.0 Å².